The van der Waals surface area contributed by atoms with Crippen LogP contribution in [0.4, 0.5) is 5.82 Å². The van der Waals surface area contributed by atoms with Crippen molar-refractivity contribution >= 4 is 17.4 Å². The number of ether oxygens (including phenoxy) is 1. The molecule has 0 bridgehead atoms. The molecule has 0 aliphatic rings. The maximum atomic E-state index is 6.32. The van der Waals surface area contributed by atoms with E-state index >= 15 is 0 Å². The fourth-order valence-corrected chi connectivity index (χ4v) is 2.05. The zero-order chi connectivity index (χ0) is 14.3. The fourth-order valence-electron chi connectivity index (χ4n) is 1.74. The molecule has 1 N–H and O–H groups in total. The largest absolute Gasteiger partial charge is 0.383 e. The molecule has 0 radical (unpaired) electrons. The van der Waals surface area contributed by atoms with Gasteiger partial charge >= 0.3 is 0 Å². The molecule has 0 aliphatic carbocycles. The molecule has 5 heteroatoms. The van der Waals surface area contributed by atoms with Crippen molar-refractivity contribution in [1.29, 1.82) is 0 Å². The number of aromatic nitrogens is 1. The van der Waals surface area contributed by atoms with Crippen molar-refractivity contribution in [3.63, 3.8) is 0 Å². The first-order valence-corrected chi connectivity index (χ1v) is 7.08. The number of halogens is 1. The molecule has 0 aromatic carbocycles. The van der Waals surface area contributed by atoms with E-state index in [0.717, 1.165) is 31.0 Å². The van der Waals surface area contributed by atoms with Crippen LogP contribution in [0.5, 0.6) is 0 Å². The molecule has 0 fully saturated rings. The summed E-state index contributed by atoms with van der Waals surface area (Å²) in [7, 11) is 1.70. The summed E-state index contributed by atoms with van der Waals surface area (Å²) in [5.41, 5.74) is 1.10. The van der Waals surface area contributed by atoms with Crippen LogP contribution in [0.1, 0.15) is 26.3 Å². The molecular weight excluding hydrogens is 262 g/mol. The molecule has 1 heterocycles. The van der Waals surface area contributed by atoms with Crippen molar-refractivity contribution in [3.8, 4) is 0 Å². The second-order valence-corrected chi connectivity index (χ2v) is 5.16. The fraction of sp³-hybridized carbons (Fsp3) is 0.643. The minimum atomic E-state index is 0.451. The van der Waals surface area contributed by atoms with E-state index < -0.39 is 0 Å². The van der Waals surface area contributed by atoms with Crippen molar-refractivity contribution in [2.24, 2.45) is 0 Å². The number of hydrogen-bond acceptors (Lipinski definition) is 4. The molecule has 0 amide bonds. The molecule has 1 aromatic heterocycles. The van der Waals surface area contributed by atoms with E-state index in [4.69, 9.17) is 16.3 Å². The number of pyridine rings is 1. The number of nitrogens with zero attached hydrogens (tertiary/aromatic N) is 2. The first-order valence-electron chi connectivity index (χ1n) is 6.70. The third-order valence-electron chi connectivity index (χ3n) is 2.84. The van der Waals surface area contributed by atoms with E-state index in [2.05, 4.69) is 36.0 Å². The predicted molar refractivity (Wildman–Crippen MR) is 81.0 cm³/mol. The monoisotopic (exact) mass is 285 g/mol. The summed E-state index contributed by atoms with van der Waals surface area (Å²) in [4.78, 5) is 6.60. The summed E-state index contributed by atoms with van der Waals surface area (Å²) >= 11 is 6.32. The Kier molecular flexibility index (Phi) is 7.13. The van der Waals surface area contributed by atoms with Crippen LogP contribution in [0.15, 0.2) is 12.3 Å². The molecule has 0 atom stereocenters. The maximum absolute atomic E-state index is 6.32. The molecule has 0 saturated carbocycles. The van der Waals surface area contributed by atoms with Crippen molar-refractivity contribution in [2.45, 2.75) is 33.4 Å². The number of nitrogens with one attached hydrogen (secondary N) is 1. The molecule has 4 nitrogen and oxygen atoms in total. The van der Waals surface area contributed by atoms with Crippen LogP contribution in [0.2, 0.25) is 5.02 Å². The average Bonchev–Trinajstić information content (AvgIpc) is 2.39. The lowest BCUT2D eigenvalue weighted by atomic mass is 10.2. The highest BCUT2D eigenvalue weighted by molar-refractivity contribution is 6.33. The Hall–Kier alpha value is -0.840. The molecule has 19 heavy (non-hydrogen) atoms. The number of likely N-dealkylation sites (N-methyl/N-ethyl adjacent to an activating group) is 1. The van der Waals surface area contributed by atoms with Gasteiger partial charge < -0.3 is 15.0 Å². The quantitative estimate of drug-likeness (QED) is 0.797. The van der Waals surface area contributed by atoms with Gasteiger partial charge in [0.1, 0.15) is 5.82 Å². The number of methoxy groups -OCH3 is 1. The van der Waals surface area contributed by atoms with Gasteiger partial charge in [0.25, 0.3) is 0 Å². The van der Waals surface area contributed by atoms with Crippen LogP contribution in [-0.2, 0) is 11.3 Å². The van der Waals surface area contributed by atoms with E-state index in [1.54, 1.807) is 7.11 Å². The van der Waals surface area contributed by atoms with Gasteiger partial charge in [0, 0.05) is 39.0 Å². The van der Waals surface area contributed by atoms with Crippen molar-refractivity contribution < 1.29 is 4.74 Å². The van der Waals surface area contributed by atoms with Gasteiger partial charge in [0.05, 0.1) is 11.6 Å². The average molecular weight is 286 g/mol. The highest BCUT2D eigenvalue weighted by Gasteiger charge is 2.11. The first kappa shape index (κ1) is 16.2. The van der Waals surface area contributed by atoms with Crippen LogP contribution in [0.25, 0.3) is 0 Å². The Bertz CT molecular complexity index is 385. The summed E-state index contributed by atoms with van der Waals surface area (Å²) in [6.45, 7) is 9.43. The molecule has 108 valence electrons. The minimum Gasteiger partial charge on any atom is -0.383 e. The lowest BCUT2D eigenvalue weighted by molar-refractivity contribution is 0.205. The van der Waals surface area contributed by atoms with Crippen LogP contribution in [0, 0.1) is 0 Å². The van der Waals surface area contributed by atoms with Gasteiger partial charge in [0.15, 0.2) is 0 Å². The van der Waals surface area contributed by atoms with E-state index in [0.29, 0.717) is 17.7 Å². The molecule has 1 aromatic rings. The Morgan fingerprint density at radius 1 is 1.47 bits per heavy atom. The number of rotatable bonds is 8. The summed E-state index contributed by atoms with van der Waals surface area (Å²) in [5, 5.41) is 4.05. The van der Waals surface area contributed by atoms with E-state index in [1.165, 1.54) is 0 Å². The standard InChI is InChI=1S/C14H24ClN3O/c1-5-18(6-7-19-4)14-13(15)8-12(10-17-14)9-16-11(2)3/h8,10-11,16H,5-7,9H2,1-4H3. The second-order valence-electron chi connectivity index (χ2n) is 4.76. The van der Waals surface area contributed by atoms with Gasteiger partial charge in [-0.1, -0.05) is 25.4 Å². The molecule has 0 spiro atoms. The summed E-state index contributed by atoms with van der Waals surface area (Å²) in [6.07, 6.45) is 1.88. The number of anilines is 1. The van der Waals surface area contributed by atoms with Gasteiger partial charge in [-0.25, -0.2) is 4.98 Å². The van der Waals surface area contributed by atoms with Gasteiger partial charge in [0.2, 0.25) is 0 Å². The smallest absolute Gasteiger partial charge is 0.147 e. The third kappa shape index (κ3) is 5.35. The molecule has 0 saturated heterocycles. The van der Waals surface area contributed by atoms with Gasteiger partial charge in [-0.2, -0.15) is 0 Å². The van der Waals surface area contributed by atoms with Crippen LogP contribution in [0.3, 0.4) is 0 Å². The molecule has 0 unspecified atom stereocenters. The Morgan fingerprint density at radius 3 is 2.74 bits per heavy atom. The highest BCUT2D eigenvalue weighted by atomic mass is 35.5. The van der Waals surface area contributed by atoms with E-state index in [1.807, 2.05) is 12.3 Å². The number of hydrogen-bond donors (Lipinski definition) is 1. The second kappa shape index (κ2) is 8.35. The highest BCUT2D eigenvalue weighted by Crippen LogP contribution is 2.23. The molecular formula is C14H24ClN3O. The first-order chi connectivity index (χ1) is 9.08. The van der Waals surface area contributed by atoms with Crippen LogP contribution in [-0.4, -0.2) is 37.8 Å². The van der Waals surface area contributed by atoms with Crippen molar-refractivity contribution in [1.82, 2.24) is 10.3 Å². The van der Waals surface area contributed by atoms with E-state index in [9.17, 15) is 0 Å². The molecule has 1 rings (SSSR count). The van der Waals surface area contributed by atoms with Crippen LogP contribution < -0.4 is 10.2 Å². The predicted octanol–water partition coefficient (Wildman–Crippen LogP) is 2.71. The van der Waals surface area contributed by atoms with Crippen molar-refractivity contribution in [2.75, 3.05) is 31.7 Å². The Morgan fingerprint density at radius 2 is 2.21 bits per heavy atom. The topological polar surface area (TPSA) is 37.4 Å². The van der Waals surface area contributed by atoms with Gasteiger partial charge in [-0.15, -0.1) is 0 Å². The minimum absolute atomic E-state index is 0.451. The van der Waals surface area contributed by atoms with Crippen LogP contribution >= 0.6 is 11.6 Å². The molecule has 0 aliphatic heterocycles. The lowest BCUT2D eigenvalue weighted by Crippen LogP contribution is -2.28. The zero-order valence-corrected chi connectivity index (χ0v) is 13.0. The maximum Gasteiger partial charge on any atom is 0.147 e. The summed E-state index contributed by atoms with van der Waals surface area (Å²) in [6, 6.07) is 2.43. The SMILES string of the molecule is CCN(CCOC)c1ncc(CNC(C)C)cc1Cl. The lowest BCUT2D eigenvalue weighted by Gasteiger charge is -2.22. The van der Waals surface area contributed by atoms with E-state index in [-0.39, 0.29) is 0 Å². The summed E-state index contributed by atoms with van der Waals surface area (Å²) < 4.78 is 5.10. The normalized spacial score (nSPS) is 11.1. The summed E-state index contributed by atoms with van der Waals surface area (Å²) in [5.74, 6) is 0.828. The Balaban J connectivity index is 2.74. The third-order valence-corrected chi connectivity index (χ3v) is 3.12. The van der Waals surface area contributed by atoms with Crippen molar-refractivity contribution in [3.05, 3.63) is 22.8 Å². The Labute approximate surface area is 121 Å². The van der Waals surface area contributed by atoms with Gasteiger partial charge in [-0.3, -0.25) is 0 Å². The zero-order valence-electron chi connectivity index (χ0n) is 12.2. The van der Waals surface area contributed by atoms with Gasteiger partial charge in [-0.05, 0) is 18.6 Å².